The Bertz CT molecular complexity index is 726. The highest BCUT2D eigenvalue weighted by molar-refractivity contribution is 5.92. The van der Waals surface area contributed by atoms with Gasteiger partial charge in [0.2, 0.25) is 5.91 Å². The fraction of sp³-hybridized carbons (Fsp3) is 0.409. The third kappa shape index (κ3) is 4.64. The highest BCUT2D eigenvalue weighted by Crippen LogP contribution is 2.22. The number of para-hydroxylation sites is 1. The predicted molar refractivity (Wildman–Crippen MR) is 109 cm³/mol. The summed E-state index contributed by atoms with van der Waals surface area (Å²) in [5, 5.41) is 3.10. The molecule has 1 aliphatic rings. The molecule has 3 rings (SSSR count). The van der Waals surface area contributed by atoms with Gasteiger partial charge in [0.1, 0.15) is 0 Å². The van der Waals surface area contributed by atoms with Crippen LogP contribution in [0.15, 0.2) is 42.5 Å². The molecule has 0 atom stereocenters. The fourth-order valence-electron chi connectivity index (χ4n) is 3.71. The van der Waals surface area contributed by atoms with E-state index < -0.39 is 0 Å². The number of hydrogen-bond donors (Lipinski definition) is 1. The van der Waals surface area contributed by atoms with Gasteiger partial charge in [-0.3, -0.25) is 9.69 Å². The zero-order valence-corrected chi connectivity index (χ0v) is 16.1. The lowest BCUT2D eigenvalue weighted by molar-refractivity contribution is -0.116. The summed E-state index contributed by atoms with van der Waals surface area (Å²) in [4.78, 5) is 17.2. The highest BCUT2D eigenvalue weighted by Gasteiger charge is 2.18. The Morgan fingerprint density at radius 1 is 0.962 bits per heavy atom. The third-order valence-corrected chi connectivity index (χ3v) is 5.09. The summed E-state index contributed by atoms with van der Waals surface area (Å²) in [6.45, 7) is 11.1. The molecule has 0 saturated carbocycles. The van der Waals surface area contributed by atoms with Gasteiger partial charge in [0.05, 0.1) is 0 Å². The molecule has 138 valence electrons. The molecule has 1 aliphatic heterocycles. The average molecular weight is 351 g/mol. The molecule has 1 fully saturated rings. The van der Waals surface area contributed by atoms with Crippen LogP contribution in [0.1, 0.15) is 23.1 Å². The topological polar surface area (TPSA) is 35.6 Å². The first kappa shape index (κ1) is 18.5. The molecule has 4 heteroatoms. The first-order valence-electron chi connectivity index (χ1n) is 9.43. The summed E-state index contributed by atoms with van der Waals surface area (Å²) < 4.78 is 0. The molecule has 0 spiro atoms. The number of aryl methyl sites for hydroxylation is 3. The Balaban J connectivity index is 1.46. The van der Waals surface area contributed by atoms with Crippen molar-refractivity contribution in [2.45, 2.75) is 27.2 Å². The van der Waals surface area contributed by atoms with Crippen LogP contribution in [0.25, 0.3) is 0 Å². The van der Waals surface area contributed by atoms with Crippen molar-refractivity contribution in [3.05, 3.63) is 59.2 Å². The molecular formula is C22H29N3O. The molecule has 0 unspecified atom stereocenters. The molecule has 1 N–H and O–H groups in total. The van der Waals surface area contributed by atoms with Gasteiger partial charge in [-0.2, -0.15) is 0 Å². The molecule has 2 aromatic rings. The number of anilines is 2. The number of nitrogens with one attached hydrogen (secondary N) is 1. The molecule has 2 aromatic carbocycles. The van der Waals surface area contributed by atoms with E-state index in [1.54, 1.807) is 0 Å². The van der Waals surface area contributed by atoms with Crippen LogP contribution < -0.4 is 10.2 Å². The SMILES string of the molecule is Cc1cc(C)c(NC(=O)CCN2CCN(c3ccccc3)CC2)c(C)c1. The summed E-state index contributed by atoms with van der Waals surface area (Å²) in [6.07, 6.45) is 0.540. The van der Waals surface area contributed by atoms with Crippen molar-refractivity contribution in [3.63, 3.8) is 0 Å². The minimum atomic E-state index is 0.102. The van der Waals surface area contributed by atoms with Crippen LogP contribution in [0, 0.1) is 20.8 Å². The monoisotopic (exact) mass is 351 g/mol. The van der Waals surface area contributed by atoms with Crippen molar-refractivity contribution in [2.75, 3.05) is 42.9 Å². The number of amides is 1. The Morgan fingerprint density at radius 2 is 1.58 bits per heavy atom. The van der Waals surface area contributed by atoms with Crippen molar-refractivity contribution in [2.24, 2.45) is 0 Å². The van der Waals surface area contributed by atoms with Crippen LogP contribution in [-0.4, -0.2) is 43.5 Å². The van der Waals surface area contributed by atoms with Crippen molar-refractivity contribution in [1.29, 1.82) is 0 Å². The van der Waals surface area contributed by atoms with Gasteiger partial charge in [-0.05, 0) is 44.0 Å². The zero-order chi connectivity index (χ0) is 18.5. The second-order valence-electron chi connectivity index (χ2n) is 7.24. The van der Waals surface area contributed by atoms with E-state index in [1.807, 2.05) is 0 Å². The fourth-order valence-corrected chi connectivity index (χ4v) is 3.71. The number of nitrogens with zero attached hydrogens (tertiary/aromatic N) is 2. The lowest BCUT2D eigenvalue weighted by Crippen LogP contribution is -2.47. The predicted octanol–water partition coefficient (Wildman–Crippen LogP) is 3.76. The Kier molecular flexibility index (Phi) is 5.94. The normalized spacial score (nSPS) is 15.1. The van der Waals surface area contributed by atoms with Gasteiger partial charge >= 0.3 is 0 Å². The number of piperazine rings is 1. The smallest absolute Gasteiger partial charge is 0.225 e. The van der Waals surface area contributed by atoms with Crippen molar-refractivity contribution >= 4 is 17.3 Å². The Morgan fingerprint density at radius 3 is 2.19 bits per heavy atom. The summed E-state index contributed by atoms with van der Waals surface area (Å²) in [6, 6.07) is 14.8. The van der Waals surface area contributed by atoms with E-state index in [9.17, 15) is 4.79 Å². The van der Waals surface area contributed by atoms with Crippen molar-refractivity contribution in [3.8, 4) is 0 Å². The van der Waals surface area contributed by atoms with E-state index in [4.69, 9.17) is 0 Å². The van der Waals surface area contributed by atoms with Crippen LogP contribution in [0.4, 0.5) is 11.4 Å². The molecule has 26 heavy (non-hydrogen) atoms. The molecule has 1 saturated heterocycles. The summed E-state index contributed by atoms with van der Waals surface area (Å²) in [5.41, 5.74) is 5.75. The maximum absolute atomic E-state index is 12.4. The van der Waals surface area contributed by atoms with Gasteiger partial charge in [0.25, 0.3) is 0 Å². The van der Waals surface area contributed by atoms with Gasteiger partial charge < -0.3 is 10.2 Å². The van der Waals surface area contributed by atoms with E-state index in [-0.39, 0.29) is 5.91 Å². The van der Waals surface area contributed by atoms with Crippen LogP contribution in [0.3, 0.4) is 0 Å². The quantitative estimate of drug-likeness (QED) is 0.891. The largest absolute Gasteiger partial charge is 0.369 e. The molecule has 1 heterocycles. The number of rotatable bonds is 5. The summed E-state index contributed by atoms with van der Waals surface area (Å²) in [5.74, 6) is 0.102. The number of benzene rings is 2. The maximum atomic E-state index is 12.4. The molecule has 4 nitrogen and oxygen atoms in total. The van der Waals surface area contributed by atoms with Crippen LogP contribution >= 0.6 is 0 Å². The standard InChI is InChI=1S/C22H29N3O/c1-17-15-18(2)22(19(3)16-17)23-21(26)9-10-24-11-13-25(14-12-24)20-7-5-4-6-8-20/h4-8,15-16H,9-14H2,1-3H3,(H,23,26). The first-order valence-corrected chi connectivity index (χ1v) is 9.43. The lowest BCUT2D eigenvalue weighted by atomic mass is 10.0. The third-order valence-electron chi connectivity index (χ3n) is 5.09. The van der Waals surface area contributed by atoms with E-state index in [2.05, 4.69) is 78.4 Å². The van der Waals surface area contributed by atoms with Gasteiger partial charge in [-0.1, -0.05) is 35.9 Å². The zero-order valence-electron chi connectivity index (χ0n) is 16.1. The average Bonchev–Trinajstić information content (AvgIpc) is 2.64. The minimum absolute atomic E-state index is 0.102. The summed E-state index contributed by atoms with van der Waals surface area (Å²) in [7, 11) is 0. The molecular weight excluding hydrogens is 322 g/mol. The highest BCUT2D eigenvalue weighted by atomic mass is 16.1. The summed E-state index contributed by atoms with van der Waals surface area (Å²) >= 11 is 0. The molecule has 0 bridgehead atoms. The molecule has 0 aromatic heterocycles. The van der Waals surface area contributed by atoms with Gasteiger partial charge in [-0.25, -0.2) is 0 Å². The second kappa shape index (κ2) is 8.37. The molecule has 0 aliphatic carbocycles. The second-order valence-corrected chi connectivity index (χ2v) is 7.24. The number of carbonyl (C=O) groups excluding carboxylic acids is 1. The van der Waals surface area contributed by atoms with Gasteiger partial charge in [0, 0.05) is 50.5 Å². The maximum Gasteiger partial charge on any atom is 0.225 e. The van der Waals surface area contributed by atoms with E-state index in [1.165, 1.54) is 11.3 Å². The van der Waals surface area contributed by atoms with Crippen LogP contribution in [0.5, 0.6) is 0 Å². The first-order chi connectivity index (χ1) is 12.5. The van der Waals surface area contributed by atoms with E-state index in [0.29, 0.717) is 6.42 Å². The van der Waals surface area contributed by atoms with Crippen molar-refractivity contribution in [1.82, 2.24) is 4.90 Å². The van der Waals surface area contributed by atoms with E-state index >= 15 is 0 Å². The van der Waals surface area contributed by atoms with Gasteiger partial charge in [0.15, 0.2) is 0 Å². The molecule has 1 amide bonds. The Hall–Kier alpha value is -2.33. The van der Waals surface area contributed by atoms with Crippen LogP contribution in [0.2, 0.25) is 0 Å². The van der Waals surface area contributed by atoms with Crippen LogP contribution in [-0.2, 0) is 4.79 Å². The number of hydrogen-bond acceptors (Lipinski definition) is 3. The van der Waals surface area contributed by atoms with Crippen molar-refractivity contribution < 1.29 is 4.79 Å². The number of carbonyl (C=O) groups is 1. The van der Waals surface area contributed by atoms with E-state index in [0.717, 1.165) is 49.5 Å². The minimum Gasteiger partial charge on any atom is -0.369 e. The Labute approximate surface area is 156 Å². The van der Waals surface area contributed by atoms with Gasteiger partial charge in [-0.15, -0.1) is 0 Å². The molecule has 0 radical (unpaired) electrons. The lowest BCUT2D eigenvalue weighted by Gasteiger charge is -2.36.